The van der Waals surface area contributed by atoms with E-state index in [0.29, 0.717) is 11.3 Å². The molecular formula is C18H16N6O3S. The molecule has 0 amide bonds. The molecule has 28 heavy (non-hydrogen) atoms. The van der Waals surface area contributed by atoms with Crippen LogP contribution < -0.4 is 0 Å². The van der Waals surface area contributed by atoms with Crippen molar-refractivity contribution in [2.24, 2.45) is 0 Å². The Morgan fingerprint density at radius 1 is 1.14 bits per heavy atom. The predicted molar refractivity (Wildman–Crippen MR) is 101 cm³/mol. The third-order valence-corrected chi connectivity index (χ3v) is 5.05. The SMILES string of the molecule is Cc1cc(C(=O)COC(=O)c2nc3nccc(C)n3n2)c(C)n1-c1nccs1. The zero-order valence-corrected chi connectivity index (χ0v) is 16.2. The highest BCUT2D eigenvalue weighted by atomic mass is 32.1. The summed E-state index contributed by atoms with van der Waals surface area (Å²) in [6.45, 7) is 5.15. The predicted octanol–water partition coefficient (Wildman–Crippen LogP) is 2.34. The Balaban J connectivity index is 1.50. The van der Waals surface area contributed by atoms with Crippen molar-refractivity contribution in [1.82, 2.24) is 29.1 Å². The highest BCUT2D eigenvalue weighted by Gasteiger charge is 2.21. The Kier molecular flexibility index (Phi) is 4.47. The molecule has 0 radical (unpaired) electrons. The van der Waals surface area contributed by atoms with E-state index in [1.807, 2.05) is 30.7 Å². The Hall–Kier alpha value is -3.40. The zero-order valence-electron chi connectivity index (χ0n) is 15.4. The molecule has 4 aromatic rings. The summed E-state index contributed by atoms with van der Waals surface area (Å²) < 4.78 is 8.48. The van der Waals surface area contributed by atoms with Crippen molar-refractivity contribution in [3.63, 3.8) is 0 Å². The number of carbonyl (C=O) groups is 2. The summed E-state index contributed by atoms with van der Waals surface area (Å²) in [5.41, 5.74) is 2.90. The Bertz CT molecular complexity index is 1190. The smallest absolute Gasteiger partial charge is 0.378 e. The van der Waals surface area contributed by atoms with E-state index < -0.39 is 12.6 Å². The lowest BCUT2D eigenvalue weighted by atomic mass is 10.1. The fourth-order valence-electron chi connectivity index (χ4n) is 2.93. The molecule has 0 N–H and O–H groups in total. The summed E-state index contributed by atoms with van der Waals surface area (Å²) in [5.74, 6) is -0.914. The van der Waals surface area contributed by atoms with E-state index in [0.717, 1.165) is 22.2 Å². The van der Waals surface area contributed by atoms with E-state index in [-0.39, 0.29) is 11.6 Å². The average molecular weight is 396 g/mol. The second kappa shape index (κ2) is 6.97. The number of aryl methyl sites for hydroxylation is 2. The van der Waals surface area contributed by atoms with Gasteiger partial charge in [-0.3, -0.25) is 9.36 Å². The number of thiazole rings is 1. The summed E-state index contributed by atoms with van der Waals surface area (Å²) in [5, 5.41) is 6.73. The first-order valence-electron chi connectivity index (χ1n) is 8.43. The van der Waals surface area contributed by atoms with Crippen molar-refractivity contribution in [1.29, 1.82) is 0 Å². The van der Waals surface area contributed by atoms with Crippen molar-refractivity contribution < 1.29 is 14.3 Å². The van der Waals surface area contributed by atoms with Crippen LogP contribution in [-0.2, 0) is 4.74 Å². The lowest BCUT2D eigenvalue weighted by Gasteiger charge is -2.05. The van der Waals surface area contributed by atoms with E-state index in [2.05, 4.69) is 20.1 Å². The van der Waals surface area contributed by atoms with Gasteiger partial charge in [-0.2, -0.15) is 4.98 Å². The molecule has 0 unspecified atom stereocenters. The van der Waals surface area contributed by atoms with Crippen LogP contribution in [0.25, 0.3) is 10.9 Å². The number of hydrogen-bond acceptors (Lipinski definition) is 8. The van der Waals surface area contributed by atoms with Crippen LogP contribution in [0.15, 0.2) is 29.9 Å². The lowest BCUT2D eigenvalue weighted by molar-refractivity contribution is 0.0462. The molecule has 0 atom stereocenters. The number of hydrogen-bond donors (Lipinski definition) is 0. The lowest BCUT2D eigenvalue weighted by Crippen LogP contribution is -2.16. The Morgan fingerprint density at radius 2 is 1.96 bits per heavy atom. The zero-order chi connectivity index (χ0) is 19.8. The van der Waals surface area contributed by atoms with Crippen molar-refractivity contribution in [3.8, 4) is 5.13 Å². The topological polar surface area (TPSA) is 104 Å². The first-order chi connectivity index (χ1) is 13.5. The first kappa shape index (κ1) is 18.0. The molecule has 0 fully saturated rings. The number of aromatic nitrogens is 6. The van der Waals surface area contributed by atoms with Crippen molar-refractivity contribution in [2.75, 3.05) is 6.61 Å². The van der Waals surface area contributed by atoms with Gasteiger partial charge in [-0.25, -0.2) is 19.3 Å². The average Bonchev–Trinajstić information content (AvgIpc) is 3.39. The van der Waals surface area contributed by atoms with Crippen molar-refractivity contribution in [2.45, 2.75) is 20.8 Å². The van der Waals surface area contributed by atoms with Crippen LogP contribution in [0.3, 0.4) is 0 Å². The first-order valence-corrected chi connectivity index (χ1v) is 9.31. The Morgan fingerprint density at radius 3 is 2.68 bits per heavy atom. The minimum atomic E-state index is -0.771. The van der Waals surface area contributed by atoms with Crippen LogP contribution in [0.2, 0.25) is 0 Å². The van der Waals surface area contributed by atoms with Gasteiger partial charge in [-0.15, -0.1) is 16.4 Å². The quantitative estimate of drug-likeness (QED) is 0.377. The molecule has 4 aromatic heterocycles. The molecule has 0 aromatic carbocycles. The van der Waals surface area contributed by atoms with Crippen LogP contribution in [0.1, 0.15) is 38.1 Å². The molecule has 0 aliphatic rings. The van der Waals surface area contributed by atoms with E-state index in [1.54, 1.807) is 24.5 Å². The number of ether oxygens (including phenoxy) is 1. The molecule has 0 saturated heterocycles. The molecule has 142 valence electrons. The number of nitrogens with zero attached hydrogens (tertiary/aromatic N) is 6. The maximum atomic E-state index is 12.6. The summed E-state index contributed by atoms with van der Waals surface area (Å²) >= 11 is 1.48. The number of fused-ring (bicyclic) bond motifs is 1. The standard InChI is InChI=1S/C18H16N6O3S/c1-10-4-5-19-17-21-15(22-24(10)17)16(26)27-9-14(25)13-8-11(2)23(12(13)3)18-20-6-7-28-18/h4-8H,9H2,1-3H3. The Labute approximate surface area is 163 Å². The van der Waals surface area contributed by atoms with E-state index in [1.165, 1.54) is 15.9 Å². The molecular weight excluding hydrogens is 380 g/mol. The van der Waals surface area contributed by atoms with Gasteiger partial charge in [0.1, 0.15) is 0 Å². The van der Waals surface area contributed by atoms with Crippen LogP contribution in [0, 0.1) is 20.8 Å². The summed E-state index contributed by atoms with van der Waals surface area (Å²) in [7, 11) is 0. The van der Waals surface area contributed by atoms with Crippen LogP contribution >= 0.6 is 11.3 Å². The van der Waals surface area contributed by atoms with Crippen LogP contribution in [0.5, 0.6) is 0 Å². The summed E-state index contributed by atoms with van der Waals surface area (Å²) in [6, 6.07) is 3.52. The van der Waals surface area contributed by atoms with E-state index in [4.69, 9.17) is 4.74 Å². The molecule has 9 nitrogen and oxygen atoms in total. The second-order valence-electron chi connectivity index (χ2n) is 6.17. The van der Waals surface area contributed by atoms with Gasteiger partial charge in [0, 0.05) is 40.4 Å². The van der Waals surface area contributed by atoms with E-state index >= 15 is 0 Å². The highest BCUT2D eigenvalue weighted by Crippen LogP contribution is 2.22. The van der Waals surface area contributed by atoms with E-state index in [9.17, 15) is 9.59 Å². The third-order valence-electron chi connectivity index (χ3n) is 4.29. The molecule has 0 aliphatic heterocycles. The highest BCUT2D eigenvalue weighted by molar-refractivity contribution is 7.12. The maximum Gasteiger partial charge on any atom is 0.378 e. The number of rotatable bonds is 5. The molecule has 0 aliphatic carbocycles. The van der Waals surface area contributed by atoms with Gasteiger partial charge in [0.05, 0.1) is 0 Å². The van der Waals surface area contributed by atoms with Crippen LogP contribution in [0.4, 0.5) is 0 Å². The fourth-order valence-corrected chi connectivity index (χ4v) is 3.68. The van der Waals surface area contributed by atoms with Gasteiger partial charge in [0.25, 0.3) is 11.6 Å². The fraction of sp³-hybridized carbons (Fsp3) is 0.222. The van der Waals surface area contributed by atoms with Crippen molar-refractivity contribution in [3.05, 3.63) is 58.4 Å². The molecule has 0 bridgehead atoms. The summed E-state index contributed by atoms with van der Waals surface area (Å²) in [6.07, 6.45) is 3.29. The van der Waals surface area contributed by atoms with Gasteiger partial charge in [0.2, 0.25) is 5.78 Å². The molecule has 10 heteroatoms. The number of carbonyl (C=O) groups excluding carboxylic acids is 2. The third kappa shape index (κ3) is 3.07. The molecule has 4 heterocycles. The largest absolute Gasteiger partial charge is 0.451 e. The number of ketones is 1. The maximum absolute atomic E-state index is 12.6. The van der Waals surface area contributed by atoms with Gasteiger partial charge in [-0.05, 0) is 32.9 Å². The monoisotopic (exact) mass is 396 g/mol. The minimum absolute atomic E-state index is 0.136. The molecule has 0 spiro atoms. The van der Waals surface area contributed by atoms with Gasteiger partial charge in [-0.1, -0.05) is 0 Å². The number of Topliss-reactive ketones (excluding diaryl/α,β-unsaturated/α-hetero) is 1. The van der Waals surface area contributed by atoms with Crippen molar-refractivity contribution >= 4 is 28.9 Å². The summed E-state index contributed by atoms with van der Waals surface area (Å²) in [4.78, 5) is 37.2. The van der Waals surface area contributed by atoms with Gasteiger partial charge in [0.15, 0.2) is 11.7 Å². The van der Waals surface area contributed by atoms with Crippen LogP contribution in [-0.4, -0.2) is 47.5 Å². The molecule has 4 rings (SSSR count). The normalized spacial score (nSPS) is 11.1. The van der Waals surface area contributed by atoms with Gasteiger partial charge >= 0.3 is 5.97 Å². The molecule has 0 saturated carbocycles. The minimum Gasteiger partial charge on any atom is -0.451 e. The second-order valence-corrected chi connectivity index (χ2v) is 7.04. The number of esters is 1. The van der Waals surface area contributed by atoms with Gasteiger partial charge < -0.3 is 4.74 Å².